The number of hydrogen-bond donors (Lipinski definition) is 0. The normalized spacial score (nSPS) is 14.0. The summed E-state index contributed by atoms with van der Waals surface area (Å²) in [6, 6.07) is 7.05. The molecule has 23 heavy (non-hydrogen) atoms. The summed E-state index contributed by atoms with van der Waals surface area (Å²) in [5.41, 5.74) is 1.61. The van der Waals surface area contributed by atoms with Gasteiger partial charge >= 0.3 is 5.97 Å². The zero-order chi connectivity index (χ0) is 17.2. The largest absolute Gasteiger partial charge is 0.489 e. The molecule has 0 spiro atoms. The number of para-hydroxylation sites is 1. The van der Waals surface area contributed by atoms with Gasteiger partial charge in [-0.05, 0) is 32.1 Å². The van der Waals surface area contributed by atoms with Crippen molar-refractivity contribution in [1.82, 2.24) is 0 Å². The van der Waals surface area contributed by atoms with Crippen LogP contribution in [0.25, 0.3) is 0 Å². The van der Waals surface area contributed by atoms with Crippen molar-refractivity contribution >= 4 is 5.97 Å². The van der Waals surface area contributed by atoms with E-state index < -0.39 is 5.97 Å². The zero-order valence-corrected chi connectivity index (χ0v) is 14.4. The highest BCUT2D eigenvalue weighted by Gasteiger charge is 2.14. The van der Waals surface area contributed by atoms with Crippen LogP contribution in [0.5, 0.6) is 5.75 Å². The minimum Gasteiger partial charge on any atom is -0.489 e. The molecule has 1 aromatic carbocycles. The van der Waals surface area contributed by atoms with Gasteiger partial charge in [0.2, 0.25) is 0 Å². The number of esters is 1. The van der Waals surface area contributed by atoms with Gasteiger partial charge < -0.3 is 14.2 Å². The lowest BCUT2D eigenvalue weighted by atomic mass is 9.97. The molecule has 1 rings (SSSR count). The number of carbonyl (C=O) groups excluding carboxylic acids is 1. The summed E-state index contributed by atoms with van der Waals surface area (Å²) in [6.07, 6.45) is 3.85. The molecule has 0 bridgehead atoms. The molecule has 0 fully saturated rings. The molecule has 0 heterocycles. The van der Waals surface area contributed by atoms with E-state index in [0.717, 1.165) is 0 Å². The van der Waals surface area contributed by atoms with Crippen LogP contribution in [0.15, 0.2) is 48.6 Å². The van der Waals surface area contributed by atoms with Gasteiger partial charge in [0.1, 0.15) is 17.9 Å². The number of carbonyl (C=O) groups is 1. The smallest absolute Gasteiger partial charge is 0.341 e. The highest BCUT2D eigenvalue weighted by Crippen LogP contribution is 2.20. The number of benzene rings is 1. The van der Waals surface area contributed by atoms with Gasteiger partial charge in [0.25, 0.3) is 0 Å². The molecule has 0 N–H and O–H groups in total. The van der Waals surface area contributed by atoms with Crippen LogP contribution in [-0.2, 0) is 9.47 Å². The summed E-state index contributed by atoms with van der Waals surface area (Å²) in [6.45, 7) is 10.8. The van der Waals surface area contributed by atoms with Crippen molar-refractivity contribution in [3.05, 3.63) is 54.1 Å². The van der Waals surface area contributed by atoms with Crippen molar-refractivity contribution in [3.63, 3.8) is 0 Å². The number of hydrogen-bond acceptors (Lipinski definition) is 4. The van der Waals surface area contributed by atoms with E-state index in [0.29, 0.717) is 24.5 Å². The number of methoxy groups -OCH3 is 1. The van der Waals surface area contributed by atoms with Gasteiger partial charge in [0, 0.05) is 5.92 Å². The summed E-state index contributed by atoms with van der Waals surface area (Å²) in [5.74, 6) is 0.391. The first-order valence-corrected chi connectivity index (χ1v) is 7.70. The van der Waals surface area contributed by atoms with E-state index >= 15 is 0 Å². The fourth-order valence-electron chi connectivity index (χ4n) is 2.05. The lowest BCUT2D eigenvalue weighted by Crippen LogP contribution is -2.19. The molecule has 1 aromatic rings. The highest BCUT2D eigenvalue weighted by molar-refractivity contribution is 5.92. The van der Waals surface area contributed by atoms with E-state index in [-0.39, 0.29) is 12.0 Å². The third-order valence-electron chi connectivity index (χ3n) is 3.84. The van der Waals surface area contributed by atoms with Gasteiger partial charge in [-0.25, -0.2) is 4.79 Å². The van der Waals surface area contributed by atoms with Crippen molar-refractivity contribution in [2.24, 2.45) is 5.92 Å². The maximum absolute atomic E-state index is 11.7. The molecular formula is C19H26O4. The van der Waals surface area contributed by atoms with Gasteiger partial charge in [-0.1, -0.05) is 30.7 Å². The molecule has 0 saturated heterocycles. The van der Waals surface area contributed by atoms with Gasteiger partial charge in [0.05, 0.1) is 19.8 Å². The topological polar surface area (TPSA) is 44.8 Å². The lowest BCUT2D eigenvalue weighted by molar-refractivity contribution is 0.0596. The minimum atomic E-state index is -0.402. The Labute approximate surface area is 138 Å². The fourth-order valence-corrected chi connectivity index (χ4v) is 2.05. The monoisotopic (exact) mass is 318 g/mol. The van der Waals surface area contributed by atoms with Gasteiger partial charge in [-0.15, -0.1) is 6.58 Å². The minimum absolute atomic E-state index is 0.103. The Morgan fingerprint density at radius 3 is 2.61 bits per heavy atom. The molecule has 2 atom stereocenters. The summed E-state index contributed by atoms with van der Waals surface area (Å²) >= 11 is 0. The molecule has 126 valence electrons. The van der Waals surface area contributed by atoms with Crippen LogP contribution in [-0.4, -0.2) is 32.4 Å². The van der Waals surface area contributed by atoms with Crippen LogP contribution in [0.3, 0.4) is 0 Å². The highest BCUT2D eigenvalue weighted by atomic mass is 16.5. The Kier molecular flexibility index (Phi) is 8.13. The number of ether oxygens (including phenoxy) is 3. The Hall–Kier alpha value is -2.07. The summed E-state index contributed by atoms with van der Waals surface area (Å²) in [5, 5.41) is 0. The Morgan fingerprint density at radius 1 is 1.26 bits per heavy atom. The van der Waals surface area contributed by atoms with Crippen LogP contribution in [0.2, 0.25) is 0 Å². The third kappa shape index (κ3) is 5.91. The molecule has 0 aliphatic carbocycles. The second kappa shape index (κ2) is 9.85. The molecule has 0 aliphatic rings. The molecule has 4 nitrogen and oxygen atoms in total. The van der Waals surface area contributed by atoms with E-state index in [4.69, 9.17) is 14.2 Å². The third-order valence-corrected chi connectivity index (χ3v) is 3.84. The van der Waals surface area contributed by atoms with Gasteiger partial charge in [0.15, 0.2) is 0 Å². The molecule has 2 unspecified atom stereocenters. The van der Waals surface area contributed by atoms with E-state index in [2.05, 4.69) is 13.5 Å². The predicted molar refractivity (Wildman–Crippen MR) is 91.8 cm³/mol. The lowest BCUT2D eigenvalue weighted by Gasteiger charge is -2.21. The van der Waals surface area contributed by atoms with Crippen molar-refractivity contribution in [1.29, 1.82) is 0 Å². The fraction of sp³-hybridized carbons (Fsp3) is 0.421. The summed E-state index contributed by atoms with van der Waals surface area (Å²) in [4.78, 5) is 11.7. The summed E-state index contributed by atoms with van der Waals surface area (Å²) in [7, 11) is 1.36. The maximum Gasteiger partial charge on any atom is 0.341 e. The van der Waals surface area contributed by atoms with Crippen LogP contribution in [0.4, 0.5) is 0 Å². The van der Waals surface area contributed by atoms with E-state index in [1.807, 2.05) is 26.0 Å². The first-order chi connectivity index (χ1) is 11.0. The van der Waals surface area contributed by atoms with Crippen molar-refractivity contribution < 1.29 is 19.0 Å². The van der Waals surface area contributed by atoms with E-state index in [9.17, 15) is 4.79 Å². The van der Waals surface area contributed by atoms with Crippen molar-refractivity contribution in [2.45, 2.75) is 26.9 Å². The average molecular weight is 318 g/mol. The van der Waals surface area contributed by atoms with E-state index in [1.54, 1.807) is 24.3 Å². The number of rotatable bonds is 9. The summed E-state index contributed by atoms with van der Waals surface area (Å²) < 4.78 is 16.1. The van der Waals surface area contributed by atoms with Gasteiger partial charge in [-0.2, -0.15) is 0 Å². The van der Waals surface area contributed by atoms with Crippen LogP contribution >= 0.6 is 0 Å². The zero-order valence-electron chi connectivity index (χ0n) is 14.4. The van der Waals surface area contributed by atoms with Crippen LogP contribution in [0, 0.1) is 5.92 Å². The quantitative estimate of drug-likeness (QED) is 0.509. The molecule has 0 radical (unpaired) electrons. The first kappa shape index (κ1) is 19.0. The van der Waals surface area contributed by atoms with Crippen molar-refractivity contribution in [3.8, 4) is 5.75 Å². The second-order valence-corrected chi connectivity index (χ2v) is 5.36. The average Bonchev–Trinajstić information content (AvgIpc) is 2.58. The second-order valence-electron chi connectivity index (χ2n) is 5.36. The van der Waals surface area contributed by atoms with Crippen molar-refractivity contribution in [2.75, 3.05) is 20.3 Å². The first-order valence-electron chi connectivity index (χ1n) is 7.70. The molecular weight excluding hydrogens is 292 g/mol. The molecule has 4 heteroatoms. The maximum atomic E-state index is 11.7. The SMILES string of the molecule is C=CCOC(C)C(C)C(C)=CCOc1ccccc1C(=O)OC. The van der Waals surface area contributed by atoms with Gasteiger partial charge in [-0.3, -0.25) is 0 Å². The Morgan fingerprint density at radius 2 is 1.96 bits per heavy atom. The molecule has 0 saturated carbocycles. The Balaban J connectivity index is 2.65. The predicted octanol–water partition coefficient (Wildman–Crippen LogP) is 4.03. The molecule has 0 aromatic heterocycles. The van der Waals surface area contributed by atoms with Crippen LogP contribution < -0.4 is 4.74 Å². The van der Waals surface area contributed by atoms with E-state index in [1.165, 1.54) is 12.7 Å². The standard InChI is InChI=1S/C19H26O4/c1-6-12-22-16(4)15(3)14(2)11-13-23-18-10-8-7-9-17(18)19(20)21-5/h6-11,15-16H,1,12-13H2,2-5H3. The molecule has 0 aliphatic heterocycles. The Bertz CT molecular complexity index is 548. The van der Waals surface area contributed by atoms with Crippen LogP contribution in [0.1, 0.15) is 31.1 Å². The molecule has 0 amide bonds.